The number of rotatable bonds is 5. The molecule has 0 aliphatic heterocycles. The van der Waals surface area contributed by atoms with Gasteiger partial charge < -0.3 is 15.8 Å². The average molecular weight is 405 g/mol. The number of hydrogen-bond donors (Lipinski definition) is 2. The first-order chi connectivity index (χ1) is 13.0. The maximum atomic E-state index is 12.7. The number of amides is 1. The van der Waals surface area contributed by atoms with Crippen molar-refractivity contribution in [2.75, 3.05) is 18.2 Å². The van der Waals surface area contributed by atoms with Gasteiger partial charge in [0.25, 0.3) is 0 Å². The van der Waals surface area contributed by atoms with Gasteiger partial charge in [-0.25, -0.2) is 4.79 Å². The molecule has 1 aromatic heterocycles. The van der Waals surface area contributed by atoms with Crippen molar-refractivity contribution in [3.63, 3.8) is 0 Å². The van der Waals surface area contributed by atoms with Crippen molar-refractivity contribution in [3.8, 4) is 0 Å². The summed E-state index contributed by atoms with van der Waals surface area (Å²) < 4.78 is 4.99. The van der Waals surface area contributed by atoms with Gasteiger partial charge in [0.1, 0.15) is 5.00 Å². The number of carbonyl (C=O) groups is 2. The van der Waals surface area contributed by atoms with Crippen LogP contribution in [0, 0.1) is 0 Å². The molecule has 0 saturated heterocycles. The van der Waals surface area contributed by atoms with Crippen molar-refractivity contribution in [1.82, 2.24) is 0 Å². The molecule has 27 heavy (non-hydrogen) atoms. The van der Waals surface area contributed by atoms with Crippen LogP contribution in [0.3, 0.4) is 0 Å². The minimum atomic E-state index is -0.374. The van der Waals surface area contributed by atoms with Gasteiger partial charge in [0.05, 0.1) is 17.9 Å². The Morgan fingerprint density at radius 1 is 1.26 bits per heavy atom. The predicted molar refractivity (Wildman–Crippen MR) is 112 cm³/mol. The number of nitrogens with two attached hydrogens (primary N) is 1. The lowest BCUT2D eigenvalue weighted by Gasteiger charge is -2.12. The summed E-state index contributed by atoms with van der Waals surface area (Å²) in [5, 5.41) is 3.25. The first-order valence-electron chi connectivity index (χ1n) is 9.05. The number of benzene rings is 1. The molecule has 0 radical (unpaired) electrons. The molecule has 0 fully saturated rings. The monoisotopic (exact) mass is 404 g/mol. The third kappa shape index (κ3) is 4.65. The second kappa shape index (κ2) is 8.80. The predicted octanol–water partition coefficient (Wildman–Crippen LogP) is 4.51. The largest absolute Gasteiger partial charge is 0.465 e. The molecule has 1 amide bonds. The van der Waals surface area contributed by atoms with Gasteiger partial charge in [0, 0.05) is 15.5 Å². The number of thiophene rings is 1. The van der Waals surface area contributed by atoms with Crippen molar-refractivity contribution in [2.24, 2.45) is 0 Å². The van der Waals surface area contributed by atoms with Gasteiger partial charge >= 0.3 is 5.97 Å². The van der Waals surface area contributed by atoms with Crippen LogP contribution in [0.25, 0.3) is 0 Å². The number of hydrogen-bond acceptors (Lipinski definition) is 6. The topological polar surface area (TPSA) is 81.4 Å². The van der Waals surface area contributed by atoms with Gasteiger partial charge in [0.2, 0.25) is 5.91 Å². The molecule has 7 heteroatoms. The van der Waals surface area contributed by atoms with E-state index >= 15 is 0 Å². The summed E-state index contributed by atoms with van der Waals surface area (Å²) in [5.41, 5.74) is 8.06. The minimum Gasteiger partial charge on any atom is -0.465 e. The van der Waals surface area contributed by atoms with Gasteiger partial charge in [-0.05, 0) is 56.4 Å². The van der Waals surface area contributed by atoms with E-state index in [0.29, 0.717) is 16.3 Å². The lowest BCUT2D eigenvalue weighted by Crippen LogP contribution is -2.23. The third-order valence-electron chi connectivity index (χ3n) is 4.59. The summed E-state index contributed by atoms with van der Waals surface area (Å²) in [4.78, 5) is 27.2. The fraction of sp³-hybridized carbons (Fsp3) is 0.400. The van der Waals surface area contributed by atoms with Crippen molar-refractivity contribution in [2.45, 2.75) is 49.2 Å². The summed E-state index contributed by atoms with van der Waals surface area (Å²) in [7, 11) is 1.38. The van der Waals surface area contributed by atoms with Gasteiger partial charge in [-0.2, -0.15) is 0 Å². The quantitative estimate of drug-likeness (QED) is 0.332. The Morgan fingerprint density at radius 2 is 2.04 bits per heavy atom. The van der Waals surface area contributed by atoms with Crippen LogP contribution >= 0.6 is 23.1 Å². The molecule has 1 aliphatic rings. The van der Waals surface area contributed by atoms with Crippen molar-refractivity contribution in [3.05, 3.63) is 40.3 Å². The molecule has 0 bridgehead atoms. The normalized spacial score (nSPS) is 14.7. The fourth-order valence-corrected chi connectivity index (χ4v) is 5.42. The molecule has 3 N–H and O–H groups in total. The molecule has 3 rings (SSSR count). The number of methoxy groups -OCH3 is 1. The van der Waals surface area contributed by atoms with E-state index in [9.17, 15) is 9.59 Å². The number of thioether (sulfide) groups is 1. The SMILES string of the molecule is COC(=O)c1c(NC(=O)C(C)Sc2cccc(N)c2)sc2c1CCCCC2. The maximum Gasteiger partial charge on any atom is 0.341 e. The molecule has 2 aromatic rings. The van der Waals surface area contributed by atoms with E-state index < -0.39 is 0 Å². The van der Waals surface area contributed by atoms with Gasteiger partial charge in [0.15, 0.2) is 0 Å². The van der Waals surface area contributed by atoms with Crippen LogP contribution in [-0.4, -0.2) is 24.2 Å². The van der Waals surface area contributed by atoms with Crippen molar-refractivity contribution < 1.29 is 14.3 Å². The van der Waals surface area contributed by atoms with Gasteiger partial charge in [-0.1, -0.05) is 12.5 Å². The number of aryl methyl sites for hydroxylation is 1. The van der Waals surface area contributed by atoms with Crippen molar-refractivity contribution >= 4 is 45.7 Å². The molecule has 1 unspecified atom stereocenters. The number of anilines is 2. The molecule has 144 valence electrons. The van der Waals surface area contributed by atoms with E-state index in [1.165, 1.54) is 35.1 Å². The summed E-state index contributed by atoms with van der Waals surface area (Å²) in [6, 6.07) is 7.46. The average Bonchev–Trinajstić information content (AvgIpc) is 2.82. The zero-order valence-corrected chi connectivity index (χ0v) is 17.2. The summed E-state index contributed by atoms with van der Waals surface area (Å²) in [6.45, 7) is 1.85. The molecule has 1 heterocycles. The Kier molecular flexibility index (Phi) is 6.44. The first-order valence-corrected chi connectivity index (χ1v) is 10.7. The van der Waals surface area contributed by atoms with Crippen LogP contribution in [0.15, 0.2) is 29.2 Å². The fourth-order valence-electron chi connectivity index (χ4n) is 3.21. The van der Waals surface area contributed by atoms with Crippen LogP contribution in [0.1, 0.15) is 47.0 Å². The molecule has 1 atom stereocenters. The zero-order valence-electron chi connectivity index (χ0n) is 15.5. The summed E-state index contributed by atoms with van der Waals surface area (Å²) >= 11 is 2.95. The van der Waals surface area contributed by atoms with E-state index in [2.05, 4.69) is 5.32 Å². The van der Waals surface area contributed by atoms with Gasteiger partial charge in [-0.15, -0.1) is 23.1 Å². The number of esters is 1. The van der Waals surface area contributed by atoms with Crippen molar-refractivity contribution in [1.29, 1.82) is 0 Å². The molecular weight excluding hydrogens is 380 g/mol. The molecule has 1 aliphatic carbocycles. The highest BCUT2D eigenvalue weighted by atomic mass is 32.2. The van der Waals surface area contributed by atoms with E-state index in [4.69, 9.17) is 10.5 Å². The second-order valence-corrected chi connectivity index (χ2v) is 9.10. The van der Waals surface area contributed by atoms with E-state index in [-0.39, 0.29) is 17.1 Å². The van der Waals surface area contributed by atoms with E-state index in [0.717, 1.165) is 42.6 Å². The van der Waals surface area contributed by atoms with Crippen LogP contribution in [0.4, 0.5) is 10.7 Å². The number of nitrogens with one attached hydrogen (secondary N) is 1. The Morgan fingerprint density at radius 3 is 2.78 bits per heavy atom. The Hall–Kier alpha value is -1.99. The van der Waals surface area contributed by atoms with Crippen LogP contribution in [-0.2, 0) is 22.4 Å². The van der Waals surface area contributed by atoms with E-state index in [1.807, 2.05) is 31.2 Å². The highest BCUT2D eigenvalue weighted by molar-refractivity contribution is 8.00. The highest BCUT2D eigenvalue weighted by Crippen LogP contribution is 2.38. The molecular formula is C20H24N2O3S2. The smallest absolute Gasteiger partial charge is 0.341 e. The second-order valence-electron chi connectivity index (χ2n) is 6.58. The number of ether oxygens (including phenoxy) is 1. The molecule has 1 aromatic carbocycles. The molecule has 0 saturated carbocycles. The Balaban J connectivity index is 1.79. The Bertz CT molecular complexity index is 848. The van der Waals surface area contributed by atoms with Crippen LogP contribution in [0.2, 0.25) is 0 Å². The lowest BCUT2D eigenvalue weighted by molar-refractivity contribution is -0.115. The zero-order chi connectivity index (χ0) is 19.4. The minimum absolute atomic E-state index is 0.135. The lowest BCUT2D eigenvalue weighted by atomic mass is 10.1. The highest BCUT2D eigenvalue weighted by Gasteiger charge is 2.27. The maximum absolute atomic E-state index is 12.7. The van der Waals surface area contributed by atoms with Crippen LogP contribution in [0.5, 0.6) is 0 Å². The summed E-state index contributed by atoms with van der Waals surface area (Å²) in [6.07, 6.45) is 5.15. The standard InChI is InChI=1S/C20H24N2O3S2/c1-12(26-14-8-6-7-13(21)11-14)18(23)22-19-17(20(24)25-2)15-9-4-3-5-10-16(15)27-19/h6-8,11-12H,3-5,9-10,21H2,1-2H3,(H,22,23). The van der Waals surface area contributed by atoms with Gasteiger partial charge in [-0.3, -0.25) is 4.79 Å². The molecule has 0 spiro atoms. The number of nitrogen functional groups attached to an aromatic ring is 1. The van der Waals surface area contributed by atoms with Crippen LogP contribution < -0.4 is 11.1 Å². The third-order valence-corrected chi connectivity index (χ3v) is 6.89. The van der Waals surface area contributed by atoms with E-state index in [1.54, 1.807) is 0 Å². The molecule has 5 nitrogen and oxygen atoms in total. The number of carbonyl (C=O) groups excluding carboxylic acids is 2. The Labute approximate surface area is 167 Å². The summed E-state index contributed by atoms with van der Waals surface area (Å²) in [5.74, 6) is -0.509. The first kappa shape index (κ1) is 19.8. The number of fused-ring (bicyclic) bond motifs is 1.